The molecule has 0 radical (unpaired) electrons. The van der Waals surface area contributed by atoms with Crippen molar-refractivity contribution in [3.8, 4) is 28.6 Å². The van der Waals surface area contributed by atoms with Gasteiger partial charge in [-0.3, -0.25) is 0 Å². The molecule has 1 aromatic heterocycles. The van der Waals surface area contributed by atoms with E-state index in [-0.39, 0.29) is 6.79 Å². The van der Waals surface area contributed by atoms with Gasteiger partial charge in [-0.15, -0.1) is 10.2 Å². The number of halogens is 1. The number of tetrazole rings is 1. The van der Waals surface area contributed by atoms with E-state index >= 15 is 0 Å². The maximum absolute atomic E-state index is 6.19. The number of methoxy groups -OCH3 is 1. The summed E-state index contributed by atoms with van der Waals surface area (Å²) in [5.41, 5.74) is 1.74. The van der Waals surface area contributed by atoms with Crippen LogP contribution in [0.1, 0.15) is 5.56 Å². The number of nitrogens with zero attached hydrogens (tertiary/aromatic N) is 4. The first-order valence-electron chi connectivity index (χ1n) is 7.23. The lowest BCUT2D eigenvalue weighted by molar-refractivity contribution is 0.174. The molecule has 0 aliphatic carbocycles. The van der Waals surface area contributed by atoms with Gasteiger partial charge in [-0.1, -0.05) is 23.7 Å². The Bertz CT molecular complexity index is 897. The van der Waals surface area contributed by atoms with Crippen molar-refractivity contribution in [2.45, 2.75) is 6.54 Å². The van der Waals surface area contributed by atoms with Crippen LogP contribution in [0.15, 0.2) is 36.4 Å². The lowest BCUT2D eigenvalue weighted by Crippen LogP contribution is -2.04. The molecule has 0 saturated heterocycles. The van der Waals surface area contributed by atoms with Crippen molar-refractivity contribution in [2.75, 3.05) is 13.9 Å². The van der Waals surface area contributed by atoms with Crippen molar-refractivity contribution in [3.63, 3.8) is 0 Å². The van der Waals surface area contributed by atoms with Gasteiger partial charge in [-0.25, -0.2) is 0 Å². The molecule has 4 rings (SSSR count). The second-order valence-corrected chi connectivity index (χ2v) is 5.59. The quantitative estimate of drug-likeness (QED) is 0.724. The van der Waals surface area contributed by atoms with E-state index in [0.717, 1.165) is 16.9 Å². The summed E-state index contributed by atoms with van der Waals surface area (Å²) in [5, 5.41) is 13.1. The molecule has 3 aromatic rings. The van der Waals surface area contributed by atoms with Gasteiger partial charge in [0.05, 0.1) is 18.7 Å². The Kier molecular flexibility index (Phi) is 3.70. The Labute approximate surface area is 142 Å². The van der Waals surface area contributed by atoms with E-state index in [2.05, 4.69) is 15.4 Å². The standard InChI is InChI=1S/C16H13ClN4O3/c1-22-12-4-2-3-11(7-12)16-18-20-21(19-16)8-10-5-13(17)15-14(6-10)23-9-24-15/h2-7H,8-9H2,1H3. The number of hydrogen-bond donors (Lipinski definition) is 0. The minimum atomic E-state index is 0.181. The maximum atomic E-state index is 6.19. The predicted molar refractivity (Wildman–Crippen MR) is 86.5 cm³/mol. The van der Waals surface area contributed by atoms with Crippen molar-refractivity contribution < 1.29 is 14.2 Å². The third kappa shape index (κ3) is 2.74. The molecule has 0 bridgehead atoms. The molecule has 0 amide bonds. The SMILES string of the molecule is COc1cccc(-c2nnn(Cc3cc(Cl)c4c(c3)OCO4)n2)c1. The minimum Gasteiger partial charge on any atom is -0.497 e. The third-order valence-corrected chi connectivity index (χ3v) is 3.87. The highest BCUT2D eigenvalue weighted by Gasteiger charge is 2.18. The summed E-state index contributed by atoms with van der Waals surface area (Å²) < 4.78 is 15.9. The minimum absolute atomic E-state index is 0.181. The van der Waals surface area contributed by atoms with Gasteiger partial charge in [0.2, 0.25) is 12.6 Å². The smallest absolute Gasteiger partial charge is 0.231 e. The van der Waals surface area contributed by atoms with Crippen LogP contribution in [0, 0.1) is 0 Å². The summed E-state index contributed by atoms with van der Waals surface area (Å²) >= 11 is 6.19. The fourth-order valence-corrected chi connectivity index (χ4v) is 2.75. The lowest BCUT2D eigenvalue weighted by atomic mass is 10.2. The molecule has 0 unspecified atom stereocenters. The zero-order valence-corrected chi connectivity index (χ0v) is 13.5. The highest BCUT2D eigenvalue weighted by atomic mass is 35.5. The van der Waals surface area contributed by atoms with Gasteiger partial charge in [0.25, 0.3) is 0 Å². The lowest BCUT2D eigenvalue weighted by Gasteiger charge is -2.04. The summed E-state index contributed by atoms with van der Waals surface area (Å²) in [6.45, 7) is 0.605. The highest BCUT2D eigenvalue weighted by molar-refractivity contribution is 6.32. The molecule has 0 saturated carbocycles. The van der Waals surface area contributed by atoms with E-state index in [4.69, 9.17) is 25.8 Å². The average Bonchev–Trinajstić information content (AvgIpc) is 3.24. The topological polar surface area (TPSA) is 71.3 Å². The monoisotopic (exact) mass is 344 g/mol. The molecule has 122 valence electrons. The first kappa shape index (κ1) is 14.8. The summed E-state index contributed by atoms with van der Waals surface area (Å²) in [7, 11) is 1.62. The van der Waals surface area contributed by atoms with Gasteiger partial charge >= 0.3 is 0 Å². The summed E-state index contributed by atoms with van der Waals surface area (Å²) in [6, 6.07) is 11.2. The molecule has 8 heteroatoms. The fraction of sp³-hybridized carbons (Fsp3) is 0.188. The summed E-state index contributed by atoms with van der Waals surface area (Å²) in [6.07, 6.45) is 0. The van der Waals surface area contributed by atoms with Crippen LogP contribution >= 0.6 is 11.6 Å². The van der Waals surface area contributed by atoms with Crippen LogP contribution in [0.4, 0.5) is 0 Å². The number of ether oxygens (including phenoxy) is 3. The van der Waals surface area contributed by atoms with Gasteiger partial charge in [0, 0.05) is 5.56 Å². The highest BCUT2D eigenvalue weighted by Crippen LogP contribution is 2.39. The van der Waals surface area contributed by atoms with Crippen LogP contribution in [0.25, 0.3) is 11.4 Å². The molecule has 0 fully saturated rings. The molecule has 2 heterocycles. The van der Waals surface area contributed by atoms with Gasteiger partial charge in [-0.2, -0.15) is 4.80 Å². The molecule has 7 nitrogen and oxygen atoms in total. The zero-order valence-electron chi connectivity index (χ0n) is 12.8. The first-order chi connectivity index (χ1) is 11.7. The number of aromatic nitrogens is 4. The van der Waals surface area contributed by atoms with Crippen molar-refractivity contribution in [1.29, 1.82) is 0 Å². The molecule has 0 spiro atoms. The fourth-order valence-electron chi connectivity index (χ4n) is 2.46. The molecule has 1 aliphatic rings. The molecular formula is C16H13ClN4O3. The van der Waals surface area contributed by atoms with Gasteiger partial charge in [0.1, 0.15) is 5.75 Å². The zero-order chi connectivity index (χ0) is 16.5. The van der Waals surface area contributed by atoms with E-state index in [1.165, 1.54) is 4.80 Å². The molecular weight excluding hydrogens is 332 g/mol. The largest absolute Gasteiger partial charge is 0.497 e. The van der Waals surface area contributed by atoms with Crippen molar-refractivity contribution in [3.05, 3.63) is 47.0 Å². The average molecular weight is 345 g/mol. The molecule has 0 N–H and O–H groups in total. The number of fused-ring (bicyclic) bond motifs is 1. The molecule has 24 heavy (non-hydrogen) atoms. The Balaban J connectivity index is 1.58. The van der Waals surface area contributed by atoms with Crippen LogP contribution in [0.2, 0.25) is 5.02 Å². The van der Waals surface area contributed by atoms with Crippen LogP contribution < -0.4 is 14.2 Å². The van der Waals surface area contributed by atoms with Crippen molar-refractivity contribution >= 4 is 11.6 Å². The van der Waals surface area contributed by atoms with E-state index in [0.29, 0.717) is 28.9 Å². The van der Waals surface area contributed by atoms with Crippen LogP contribution in [0.5, 0.6) is 17.2 Å². The van der Waals surface area contributed by atoms with Crippen molar-refractivity contribution in [1.82, 2.24) is 20.2 Å². The van der Waals surface area contributed by atoms with Gasteiger partial charge in [0.15, 0.2) is 11.5 Å². The van der Waals surface area contributed by atoms with Crippen LogP contribution in [-0.2, 0) is 6.54 Å². The maximum Gasteiger partial charge on any atom is 0.231 e. The first-order valence-corrected chi connectivity index (χ1v) is 7.61. The Morgan fingerprint density at radius 3 is 3.04 bits per heavy atom. The Morgan fingerprint density at radius 2 is 2.17 bits per heavy atom. The van der Waals surface area contributed by atoms with E-state index < -0.39 is 0 Å². The second-order valence-electron chi connectivity index (χ2n) is 5.19. The second kappa shape index (κ2) is 6.01. The van der Waals surface area contributed by atoms with E-state index in [9.17, 15) is 0 Å². The number of hydrogen-bond acceptors (Lipinski definition) is 6. The van der Waals surface area contributed by atoms with E-state index in [1.54, 1.807) is 7.11 Å². The van der Waals surface area contributed by atoms with Crippen LogP contribution in [0.3, 0.4) is 0 Å². The Hall–Kier alpha value is -2.80. The van der Waals surface area contributed by atoms with E-state index in [1.807, 2.05) is 36.4 Å². The number of benzene rings is 2. The predicted octanol–water partition coefficient (Wildman–Crippen LogP) is 2.78. The van der Waals surface area contributed by atoms with Crippen molar-refractivity contribution in [2.24, 2.45) is 0 Å². The normalized spacial score (nSPS) is 12.4. The summed E-state index contributed by atoms with van der Waals surface area (Å²) in [4.78, 5) is 1.50. The van der Waals surface area contributed by atoms with Gasteiger partial charge in [-0.05, 0) is 35.0 Å². The third-order valence-electron chi connectivity index (χ3n) is 3.59. The summed E-state index contributed by atoms with van der Waals surface area (Å²) in [5.74, 6) is 2.47. The Morgan fingerprint density at radius 1 is 1.25 bits per heavy atom. The molecule has 2 aromatic carbocycles. The number of rotatable bonds is 4. The van der Waals surface area contributed by atoms with Gasteiger partial charge < -0.3 is 14.2 Å². The molecule has 0 atom stereocenters. The molecule has 1 aliphatic heterocycles. The van der Waals surface area contributed by atoms with Crippen LogP contribution in [-0.4, -0.2) is 34.1 Å².